The van der Waals surface area contributed by atoms with Gasteiger partial charge in [0.05, 0.1) is 5.69 Å². The summed E-state index contributed by atoms with van der Waals surface area (Å²) in [6.07, 6.45) is -0.493. The number of halogens is 1. The van der Waals surface area contributed by atoms with Crippen LogP contribution in [0.25, 0.3) is 0 Å². The van der Waals surface area contributed by atoms with Gasteiger partial charge < -0.3 is 4.98 Å². The molecule has 1 rings (SSSR count). The van der Waals surface area contributed by atoms with Gasteiger partial charge in [0.1, 0.15) is 0 Å². The standard InChI is InChI=1S/C8H13FN2/c1-5-6(8(2,3)4)11-7(9)10-5/h1-4H3,(H,10,11). The molecule has 0 bridgehead atoms. The van der Waals surface area contributed by atoms with E-state index in [1.807, 2.05) is 27.7 Å². The lowest BCUT2D eigenvalue weighted by Crippen LogP contribution is -2.13. The van der Waals surface area contributed by atoms with Crippen molar-refractivity contribution in [3.05, 3.63) is 17.5 Å². The van der Waals surface area contributed by atoms with E-state index in [0.717, 1.165) is 11.4 Å². The van der Waals surface area contributed by atoms with E-state index in [1.165, 1.54) is 0 Å². The Kier molecular flexibility index (Phi) is 1.74. The van der Waals surface area contributed by atoms with Crippen molar-refractivity contribution in [2.24, 2.45) is 0 Å². The lowest BCUT2D eigenvalue weighted by Gasteiger charge is -2.15. The fraction of sp³-hybridized carbons (Fsp3) is 0.625. The third-order valence-electron chi connectivity index (χ3n) is 1.57. The zero-order chi connectivity index (χ0) is 8.65. The van der Waals surface area contributed by atoms with E-state index in [0.29, 0.717) is 0 Å². The Morgan fingerprint density at radius 2 is 1.91 bits per heavy atom. The first-order valence-corrected chi connectivity index (χ1v) is 3.64. The molecule has 0 unspecified atom stereocenters. The van der Waals surface area contributed by atoms with E-state index < -0.39 is 6.08 Å². The molecule has 0 saturated carbocycles. The highest BCUT2D eigenvalue weighted by Gasteiger charge is 2.20. The van der Waals surface area contributed by atoms with Crippen LogP contribution in [0.5, 0.6) is 0 Å². The second kappa shape index (κ2) is 2.32. The molecule has 0 saturated heterocycles. The molecule has 0 fully saturated rings. The van der Waals surface area contributed by atoms with Gasteiger partial charge in [-0.15, -0.1) is 0 Å². The van der Waals surface area contributed by atoms with Crippen molar-refractivity contribution < 1.29 is 4.39 Å². The van der Waals surface area contributed by atoms with Crippen LogP contribution in [-0.2, 0) is 5.41 Å². The third kappa shape index (κ3) is 1.59. The van der Waals surface area contributed by atoms with Gasteiger partial charge in [0.15, 0.2) is 0 Å². The van der Waals surface area contributed by atoms with Crippen molar-refractivity contribution in [2.75, 3.05) is 0 Å². The maximum absolute atomic E-state index is 12.6. The molecule has 1 aromatic heterocycles. The van der Waals surface area contributed by atoms with Crippen LogP contribution in [0.1, 0.15) is 32.2 Å². The highest BCUT2D eigenvalue weighted by atomic mass is 19.1. The Bertz CT molecular complexity index is 258. The molecule has 2 nitrogen and oxygen atoms in total. The molecule has 0 radical (unpaired) electrons. The fourth-order valence-electron chi connectivity index (χ4n) is 1.15. The Hall–Kier alpha value is -0.860. The molecule has 11 heavy (non-hydrogen) atoms. The Morgan fingerprint density at radius 3 is 2.09 bits per heavy atom. The summed E-state index contributed by atoms with van der Waals surface area (Å²) in [5.41, 5.74) is 1.54. The molecule has 3 heteroatoms. The van der Waals surface area contributed by atoms with E-state index in [1.54, 1.807) is 0 Å². The van der Waals surface area contributed by atoms with Crippen LogP contribution in [0, 0.1) is 13.0 Å². The summed E-state index contributed by atoms with van der Waals surface area (Å²) >= 11 is 0. The zero-order valence-electron chi connectivity index (χ0n) is 7.33. The van der Waals surface area contributed by atoms with Crippen molar-refractivity contribution in [1.82, 2.24) is 9.97 Å². The Balaban J connectivity index is 3.13. The zero-order valence-corrected chi connectivity index (χ0v) is 7.33. The average molecular weight is 156 g/mol. The Labute approximate surface area is 65.9 Å². The van der Waals surface area contributed by atoms with E-state index >= 15 is 0 Å². The highest BCUT2D eigenvalue weighted by Crippen LogP contribution is 2.22. The molecule has 0 aromatic carbocycles. The third-order valence-corrected chi connectivity index (χ3v) is 1.57. The second-order valence-corrected chi connectivity index (χ2v) is 3.75. The summed E-state index contributed by atoms with van der Waals surface area (Å²) in [7, 11) is 0. The number of hydrogen-bond acceptors (Lipinski definition) is 1. The van der Waals surface area contributed by atoms with Gasteiger partial charge in [-0.3, -0.25) is 0 Å². The maximum Gasteiger partial charge on any atom is 0.286 e. The Morgan fingerprint density at radius 1 is 1.36 bits per heavy atom. The average Bonchev–Trinajstić information content (AvgIpc) is 2.08. The first-order chi connectivity index (χ1) is 4.91. The van der Waals surface area contributed by atoms with Crippen LogP contribution in [0.4, 0.5) is 4.39 Å². The second-order valence-electron chi connectivity index (χ2n) is 3.75. The van der Waals surface area contributed by atoms with Gasteiger partial charge in [0.2, 0.25) is 0 Å². The van der Waals surface area contributed by atoms with Crippen LogP contribution in [0.15, 0.2) is 0 Å². The van der Waals surface area contributed by atoms with E-state index in [2.05, 4.69) is 9.97 Å². The first kappa shape index (κ1) is 8.24. The maximum atomic E-state index is 12.6. The van der Waals surface area contributed by atoms with Crippen molar-refractivity contribution in [2.45, 2.75) is 33.1 Å². The number of imidazole rings is 1. The molecule has 1 N–H and O–H groups in total. The number of aromatic nitrogens is 2. The molecule has 0 aliphatic carbocycles. The number of aryl methyl sites for hydroxylation is 1. The van der Waals surface area contributed by atoms with Crippen molar-refractivity contribution in [1.29, 1.82) is 0 Å². The van der Waals surface area contributed by atoms with Crippen LogP contribution in [0.3, 0.4) is 0 Å². The normalized spacial score (nSPS) is 12.1. The van der Waals surface area contributed by atoms with Gasteiger partial charge in [-0.25, -0.2) is 4.98 Å². The first-order valence-electron chi connectivity index (χ1n) is 3.64. The minimum atomic E-state index is -0.493. The van der Waals surface area contributed by atoms with Gasteiger partial charge in [0, 0.05) is 11.1 Å². The number of rotatable bonds is 0. The van der Waals surface area contributed by atoms with Gasteiger partial charge >= 0.3 is 0 Å². The molecular formula is C8H13FN2. The van der Waals surface area contributed by atoms with Crippen LogP contribution >= 0.6 is 0 Å². The molecule has 0 spiro atoms. The summed E-state index contributed by atoms with van der Waals surface area (Å²) < 4.78 is 12.6. The molecule has 0 amide bonds. The summed E-state index contributed by atoms with van der Waals surface area (Å²) in [6, 6.07) is 0. The van der Waals surface area contributed by atoms with Crippen molar-refractivity contribution >= 4 is 0 Å². The summed E-state index contributed by atoms with van der Waals surface area (Å²) in [5, 5.41) is 0. The minimum absolute atomic E-state index is 0.0784. The topological polar surface area (TPSA) is 28.7 Å². The molecule has 1 heterocycles. The lowest BCUT2D eigenvalue weighted by atomic mass is 9.91. The van der Waals surface area contributed by atoms with Crippen LogP contribution in [-0.4, -0.2) is 9.97 Å². The van der Waals surface area contributed by atoms with Gasteiger partial charge in [-0.05, 0) is 6.92 Å². The predicted octanol–water partition coefficient (Wildman–Crippen LogP) is 2.15. The van der Waals surface area contributed by atoms with Gasteiger partial charge in [0.25, 0.3) is 6.08 Å². The minimum Gasteiger partial charge on any atom is -0.318 e. The number of H-pyrrole nitrogens is 1. The highest BCUT2D eigenvalue weighted by molar-refractivity contribution is 5.18. The summed E-state index contributed by atoms with van der Waals surface area (Å²) in [5.74, 6) is 0. The smallest absolute Gasteiger partial charge is 0.286 e. The van der Waals surface area contributed by atoms with E-state index in [4.69, 9.17) is 0 Å². The lowest BCUT2D eigenvalue weighted by molar-refractivity contribution is 0.525. The molecule has 62 valence electrons. The summed E-state index contributed by atoms with van der Waals surface area (Å²) in [6.45, 7) is 7.86. The largest absolute Gasteiger partial charge is 0.318 e. The number of aromatic amines is 1. The molecule has 0 atom stereocenters. The number of nitrogens with one attached hydrogen (secondary N) is 1. The van der Waals surface area contributed by atoms with Crippen LogP contribution < -0.4 is 0 Å². The van der Waals surface area contributed by atoms with Gasteiger partial charge in [-0.2, -0.15) is 4.39 Å². The quantitative estimate of drug-likeness (QED) is 0.612. The van der Waals surface area contributed by atoms with E-state index in [-0.39, 0.29) is 5.41 Å². The number of nitrogens with zero attached hydrogens (tertiary/aromatic N) is 1. The number of hydrogen-bond donors (Lipinski definition) is 1. The van der Waals surface area contributed by atoms with E-state index in [9.17, 15) is 4.39 Å². The molecule has 0 aliphatic rings. The molecular weight excluding hydrogens is 143 g/mol. The summed E-state index contributed by atoms with van der Waals surface area (Å²) in [4.78, 5) is 6.30. The van der Waals surface area contributed by atoms with Crippen molar-refractivity contribution in [3.8, 4) is 0 Å². The predicted molar refractivity (Wildman–Crippen MR) is 42.0 cm³/mol. The monoisotopic (exact) mass is 156 g/mol. The van der Waals surface area contributed by atoms with Crippen molar-refractivity contribution in [3.63, 3.8) is 0 Å². The van der Waals surface area contributed by atoms with Gasteiger partial charge in [-0.1, -0.05) is 20.8 Å². The molecule has 1 aromatic rings. The van der Waals surface area contributed by atoms with Crippen LogP contribution in [0.2, 0.25) is 0 Å². The molecule has 0 aliphatic heterocycles. The SMILES string of the molecule is Cc1[nH]c(F)nc1C(C)(C)C. The fourth-order valence-corrected chi connectivity index (χ4v) is 1.15.